The molecule has 7 nitrogen and oxygen atoms in total. The molecule has 2 N–H and O–H groups in total. The quantitative estimate of drug-likeness (QED) is 0.288. The van der Waals surface area contributed by atoms with E-state index in [9.17, 15) is 8.42 Å². The predicted molar refractivity (Wildman–Crippen MR) is 133 cm³/mol. The Hall–Kier alpha value is -1.07. The molecule has 0 spiro atoms. The fourth-order valence-corrected chi connectivity index (χ4v) is 4.90. The summed E-state index contributed by atoms with van der Waals surface area (Å²) >= 11 is 0. The van der Waals surface area contributed by atoms with Crippen molar-refractivity contribution in [3.05, 3.63) is 29.8 Å². The third-order valence-corrected chi connectivity index (χ3v) is 7.19. The lowest BCUT2D eigenvalue weighted by Crippen LogP contribution is -2.42. The van der Waals surface area contributed by atoms with Crippen LogP contribution in [-0.2, 0) is 10.0 Å². The minimum Gasteiger partial charge on any atom is -0.372 e. The van der Waals surface area contributed by atoms with Gasteiger partial charge in [-0.05, 0) is 37.5 Å². The van der Waals surface area contributed by atoms with E-state index in [0.29, 0.717) is 25.6 Å². The second-order valence-electron chi connectivity index (χ2n) is 7.05. The van der Waals surface area contributed by atoms with Crippen molar-refractivity contribution in [2.45, 2.75) is 39.7 Å². The van der Waals surface area contributed by atoms with Crippen molar-refractivity contribution in [1.29, 1.82) is 0 Å². The molecule has 0 aliphatic carbocycles. The number of guanidine groups is 1. The lowest BCUT2D eigenvalue weighted by atomic mass is 10.1. The lowest BCUT2D eigenvalue weighted by molar-refractivity contribution is 0.445. The van der Waals surface area contributed by atoms with Crippen molar-refractivity contribution in [2.24, 2.45) is 4.99 Å². The Kier molecular flexibility index (Phi) is 11.3. The molecule has 0 saturated carbocycles. The van der Waals surface area contributed by atoms with Gasteiger partial charge in [0.1, 0.15) is 0 Å². The molecule has 0 radical (unpaired) electrons. The molecule has 0 bridgehead atoms. The highest BCUT2D eigenvalue weighted by molar-refractivity contribution is 14.0. The maximum absolute atomic E-state index is 12.3. The molecule has 1 fully saturated rings. The summed E-state index contributed by atoms with van der Waals surface area (Å²) < 4.78 is 26.1. The fraction of sp³-hybridized carbons (Fsp3) is 0.650. The number of rotatable bonds is 9. The molecule has 1 saturated heterocycles. The highest BCUT2D eigenvalue weighted by Gasteiger charge is 2.19. The first-order valence-electron chi connectivity index (χ1n) is 10.2. The molecular weight excluding hydrogens is 501 g/mol. The number of sulfonamides is 1. The van der Waals surface area contributed by atoms with Crippen LogP contribution in [-0.4, -0.2) is 64.2 Å². The van der Waals surface area contributed by atoms with Crippen LogP contribution in [0, 0.1) is 0 Å². The normalized spacial score (nSPS) is 15.9. The number of benzene rings is 1. The summed E-state index contributed by atoms with van der Waals surface area (Å²) in [5.41, 5.74) is 2.44. The minimum absolute atomic E-state index is 0. The Bertz CT molecular complexity index is 747. The summed E-state index contributed by atoms with van der Waals surface area (Å²) in [5, 5.41) is 6.48. The van der Waals surface area contributed by atoms with E-state index in [1.54, 1.807) is 7.05 Å². The van der Waals surface area contributed by atoms with E-state index in [1.807, 2.05) is 13.8 Å². The summed E-state index contributed by atoms with van der Waals surface area (Å²) in [6.45, 7) is 9.35. The van der Waals surface area contributed by atoms with E-state index in [1.165, 1.54) is 28.4 Å². The number of nitrogens with zero attached hydrogens (tertiary/aromatic N) is 3. The number of hydrogen-bond acceptors (Lipinski definition) is 4. The minimum atomic E-state index is -3.24. The van der Waals surface area contributed by atoms with Gasteiger partial charge < -0.3 is 15.5 Å². The SMILES string of the molecule is CCN(CC)S(=O)(=O)CCNC(=NC)NC(C)c1cccc(N2CCCC2)c1.I. The number of hydrogen-bond donors (Lipinski definition) is 2. The average Bonchev–Trinajstić information content (AvgIpc) is 3.22. The van der Waals surface area contributed by atoms with E-state index in [2.05, 4.69) is 51.7 Å². The zero-order chi connectivity index (χ0) is 20.6. The van der Waals surface area contributed by atoms with Crippen LogP contribution in [0.2, 0.25) is 0 Å². The molecule has 1 aromatic rings. The van der Waals surface area contributed by atoms with Crippen molar-refractivity contribution < 1.29 is 8.42 Å². The van der Waals surface area contributed by atoms with E-state index in [-0.39, 0.29) is 35.8 Å². The van der Waals surface area contributed by atoms with Crippen LogP contribution < -0.4 is 15.5 Å². The van der Waals surface area contributed by atoms with Crippen LogP contribution >= 0.6 is 24.0 Å². The number of anilines is 1. The topological polar surface area (TPSA) is 77.0 Å². The standard InChI is InChI=1S/C20H35N5O2S.HI/c1-5-25(6-2)28(26,27)15-12-22-20(21-4)23-17(3)18-10-9-11-19(16-18)24-13-7-8-14-24;/h9-11,16-17H,5-8,12-15H2,1-4H3,(H2,21,22,23);1H. The van der Waals surface area contributed by atoms with Crippen molar-refractivity contribution in [3.8, 4) is 0 Å². The Morgan fingerprint density at radius 1 is 1.24 bits per heavy atom. The second kappa shape index (κ2) is 12.6. The van der Waals surface area contributed by atoms with E-state index < -0.39 is 10.0 Å². The molecule has 166 valence electrons. The Labute approximate surface area is 193 Å². The number of aliphatic imine (C=N–C) groups is 1. The van der Waals surface area contributed by atoms with Gasteiger partial charge in [-0.3, -0.25) is 4.99 Å². The van der Waals surface area contributed by atoms with Gasteiger partial charge in [-0.15, -0.1) is 24.0 Å². The zero-order valence-corrected chi connectivity index (χ0v) is 21.2. The van der Waals surface area contributed by atoms with Crippen LogP contribution in [0.4, 0.5) is 5.69 Å². The maximum atomic E-state index is 12.3. The smallest absolute Gasteiger partial charge is 0.215 e. The third-order valence-electron chi connectivity index (χ3n) is 5.17. The Morgan fingerprint density at radius 3 is 2.48 bits per heavy atom. The van der Waals surface area contributed by atoms with Crippen LogP contribution in [0.15, 0.2) is 29.3 Å². The average molecular weight is 538 g/mol. The number of nitrogens with one attached hydrogen (secondary N) is 2. The van der Waals surface area contributed by atoms with Gasteiger partial charge in [-0.25, -0.2) is 12.7 Å². The Morgan fingerprint density at radius 2 is 1.90 bits per heavy atom. The molecular formula is C20H36IN5O2S. The first-order valence-corrected chi connectivity index (χ1v) is 11.8. The first-order chi connectivity index (χ1) is 13.4. The monoisotopic (exact) mass is 537 g/mol. The van der Waals surface area contributed by atoms with Gasteiger partial charge in [0.2, 0.25) is 10.0 Å². The summed E-state index contributed by atoms with van der Waals surface area (Å²) in [5.74, 6) is 0.655. The second-order valence-corrected chi connectivity index (χ2v) is 9.14. The predicted octanol–water partition coefficient (Wildman–Crippen LogP) is 2.80. The highest BCUT2D eigenvalue weighted by Crippen LogP contribution is 2.23. The van der Waals surface area contributed by atoms with Crippen molar-refractivity contribution in [1.82, 2.24) is 14.9 Å². The third kappa shape index (κ3) is 7.60. The van der Waals surface area contributed by atoms with Crippen LogP contribution in [0.5, 0.6) is 0 Å². The largest absolute Gasteiger partial charge is 0.372 e. The van der Waals surface area contributed by atoms with Crippen molar-refractivity contribution in [2.75, 3.05) is 50.4 Å². The van der Waals surface area contributed by atoms with Crippen LogP contribution in [0.25, 0.3) is 0 Å². The fourth-order valence-electron chi connectivity index (χ4n) is 3.49. The van der Waals surface area contributed by atoms with Crippen molar-refractivity contribution >= 4 is 45.6 Å². The van der Waals surface area contributed by atoms with Crippen LogP contribution in [0.3, 0.4) is 0 Å². The zero-order valence-electron chi connectivity index (χ0n) is 18.0. The van der Waals surface area contributed by atoms with Gasteiger partial charge in [0.05, 0.1) is 11.8 Å². The molecule has 29 heavy (non-hydrogen) atoms. The molecule has 1 aliphatic heterocycles. The van der Waals surface area contributed by atoms with Gasteiger partial charge in [0, 0.05) is 45.5 Å². The number of halogens is 1. The molecule has 1 atom stereocenters. The summed E-state index contributed by atoms with van der Waals surface area (Å²) in [6, 6.07) is 8.64. The van der Waals surface area contributed by atoms with Gasteiger partial charge in [-0.1, -0.05) is 26.0 Å². The van der Waals surface area contributed by atoms with E-state index in [4.69, 9.17) is 0 Å². The van der Waals surface area contributed by atoms with Gasteiger partial charge in [-0.2, -0.15) is 0 Å². The molecule has 0 aromatic heterocycles. The van der Waals surface area contributed by atoms with E-state index >= 15 is 0 Å². The highest BCUT2D eigenvalue weighted by atomic mass is 127. The molecule has 9 heteroatoms. The molecule has 1 unspecified atom stereocenters. The van der Waals surface area contributed by atoms with Crippen LogP contribution in [0.1, 0.15) is 45.2 Å². The maximum Gasteiger partial charge on any atom is 0.215 e. The molecule has 1 aliphatic rings. The summed E-state index contributed by atoms with van der Waals surface area (Å²) in [7, 11) is -1.54. The molecule has 2 rings (SSSR count). The first kappa shape index (κ1) is 26.0. The van der Waals surface area contributed by atoms with Gasteiger partial charge in [0.25, 0.3) is 0 Å². The van der Waals surface area contributed by atoms with Gasteiger partial charge in [0.15, 0.2) is 5.96 Å². The lowest BCUT2D eigenvalue weighted by Gasteiger charge is -2.22. The summed E-state index contributed by atoms with van der Waals surface area (Å²) in [6.07, 6.45) is 2.51. The Balaban J connectivity index is 0.00000420. The molecule has 0 amide bonds. The van der Waals surface area contributed by atoms with Gasteiger partial charge >= 0.3 is 0 Å². The van der Waals surface area contributed by atoms with E-state index in [0.717, 1.165) is 13.1 Å². The van der Waals surface area contributed by atoms with Crippen molar-refractivity contribution in [3.63, 3.8) is 0 Å². The molecule has 1 aromatic carbocycles. The molecule has 1 heterocycles. The summed E-state index contributed by atoms with van der Waals surface area (Å²) in [4.78, 5) is 6.65.